The first-order valence-electron chi connectivity index (χ1n) is 5.83. The van der Waals surface area contributed by atoms with Gasteiger partial charge < -0.3 is 14.8 Å². The number of halogens is 1. The summed E-state index contributed by atoms with van der Waals surface area (Å²) in [5.74, 6) is 0.177. The molecule has 2 rings (SSSR count). The van der Waals surface area contributed by atoms with Crippen LogP contribution in [-0.2, 0) is 14.6 Å². The highest BCUT2D eigenvalue weighted by Crippen LogP contribution is 2.36. The summed E-state index contributed by atoms with van der Waals surface area (Å²) in [4.78, 5) is 0.0895. The highest BCUT2D eigenvalue weighted by molar-refractivity contribution is 7.90. The van der Waals surface area contributed by atoms with E-state index in [2.05, 4.69) is 5.32 Å². The highest BCUT2D eigenvalue weighted by Gasteiger charge is 2.23. The summed E-state index contributed by atoms with van der Waals surface area (Å²) in [6.45, 7) is 2.01. The van der Waals surface area contributed by atoms with Gasteiger partial charge in [0.05, 0.1) is 24.8 Å². The third-order valence-corrected chi connectivity index (χ3v) is 4.32. The van der Waals surface area contributed by atoms with Crippen molar-refractivity contribution in [1.29, 1.82) is 0 Å². The fourth-order valence-electron chi connectivity index (χ4n) is 2.03. The third-order valence-electron chi connectivity index (χ3n) is 2.93. The second-order valence-corrected chi connectivity index (χ2v) is 6.76. The molecule has 7 heteroatoms. The Hall–Kier alpha value is -0.820. The zero-order chi connectivity index (χ0) is 14.0. The van der Waals surface area contributed by atoms with E-state index in [0.717, 1.165) is 18.4 Å². The lowest BCUT2D eigenvalue weighted by Crippen LogP contribution is -2.33. The van der Waals surface area contributed by atoms with E-state index >= 15 is 0 Å². The SMILES string of the molecule is COc1c(Cl)cc(C2CNCCO2)cc1S(C)(=O)=O. The molecule has 1 aliphatic heterocycles. The normalized spacial score (nSPS) is 20.3. The van der Waals surface area contributed by atoms with Crippen LogP contribution in [0.15, 0.2) is 17.0 Å². The Labute approximate surface area is 117 Å². The minimum atomic E-state index is -3.41. The minimum Gasteiger partial charge on any atom is -0.494 e. The molecule has 1 aromatic carbocycles. The lowest BCUT2D eigenvalue weighted by Gasteiger charge is -2.25. The zero-order valence-corrected chi connectivity index (χ0v) is 12.3. The average Bonchev–Trinajstić information content (AvgIpc) is 2.37. The third kappa shape index (κ3) is 3.20. The quantitative estimate of drug-likeness (QED) is 0.915. The molecule has 0 radical (unpaired) electrons. The van der Waals surface area contributed by atoms with Gasteiger partial charge in [-0.2, -0.15) is 0 Å². The molecule has 1 heterocycles. The monoisotopic (exact) mass is 305 g/mol. The number of hydrogen-bond donors (Lipinski definition) is 1. The Kier molecular flexibility index (Phi) is 4.35. The summed E-state index contributed by atoms with van der Waals surface area (Å²) in [6.07, 6.45) is 0.933. The Bertz CT molecular complexity index is 567. The van der Waals surface area contributed by atoms with E-state index in [1.165, 1.54) is 7.11 Å². The van der Waals surface area contributed by atoms with Crippen molar-refractivity contribution in [2.45, 2.75) is 11.0 Å². The number of sulfone groups is 1. The summed E-state index contributed by atoms with van der Waals surface area (Å²) in [6, 6.07) is 3.25. The molecule has 1 fully saturated rings. The van der Waals surface area contributed by atoms with Gasteiger partial charge in [-0.15, -0.1) is 0 Å². The first kappa shape index (κ1) is 14.6. The summed E-state index contributed by atoms with van der Waals surface area (Å²) in [5, 5.41) is 3.46. The van der Waals surface area contributed by atoms with Crippen LogP contribution in [0.1, 0.15) is 11.7 Å². The number of methoxy groups -OCH3 is 1. The number of benzene rings is 1. The lowest BCUT2D eigenvalue weighted by molar-refractivity contribution is 0.0275. The number of ether oxygens (including phenoxy) is 2. The van der Waals surface area contributed by atoms with Crippen LogP contribution in [0, 0.1) is 0 Å². The van der Waals surface area contributed by atoms with Gasteiger partial charge in [-0.05, 0) is 17.7 Å². The van der Waals surface area contributed by atoms with Gasteiger partial charge in [0.25, 0.3) is 0 Å². The minimum absolute atomic E-state index is 0.0895. The molecule has 0 aromatic heterocycles. The maximum atomic E-state index is 11.8. The van der Waals surface area contributed by atoms with Gasteiger partial charge in [0, 0.05) is 19.3 Å². The van der Waals surface area contributed by atoms with Crippen molar-refractivity contribution in [3.05, 3.63) is 22.7 Å². The van der Waals surface area contributed by atoms with Gasteiger partial charge in [0.15, 0.2) is 15.6 Å². The molecule has 1 unspecified atom stereocenters. The van der Waals surface area contributed by atoms with Crippen LogP contribution in [-0.4, -0.2) is 41.5 Å². The van der Waals surface area contributed by atoms with E-state index < -0.39 is 9.84 Å². The summed E-state index contributed by atoms with van der Waals surface area (Å²) >= 11 is 6.09. The van der Waals surface area contributed by atoms with E-state index in [1.807, 2.05) is 0 Å². The zero-order valence-electron chi connectivity index (χ0n) is 10.8. The van der Waals surface area contributed by atoms with Crippen LogP contribution in [0.5, 0.6) is 5.75 Å². The van der Waals surface area contributed by atoms with Crippen LogP contribution < -0.4 is 10.1 Å². The molecule has 0 aliphatic carbocycles. The molecule has 5 nitrogen and oxygen atoms in total. The van der Waals surface area contributed by atoms with E-state index in [1.54, 1.807) is 12.1 Å². The molecular weight excluding hydrogens is 290 g/mol. The molecule has 0 saturated carbocycles. The van der Waals surface area contributed by atoms with Gasteiger partial charge in [-0.25, -0.2) is 8.42 Å². The topological polar surface area (TPSA) is 64.6 Å². The van der Waals surface area contributed by atoms with Crippen molar-refractivity contribution in [1.82, 2.24) is 5.32 Å². The summed E-state index contributed by atoms with van der Waals surface area (Å²) in [5.41, 5.74) is 0.735. The van der Waals surface area contributed by atoms with Crippen molar-refractivity contribution >= 4 is 21.4 Å². The predicted octanol–water partition coefficient (Wildman–Crippen LogP) is 1.41. The van der Waals surface area contributed by atoms with Crippen LogP contribution in [0.4, 0.5) is 0 Å². The maximum Gasteiger partial charge on any atom is 0.179 e. The Balaban J connectivity index is 2.50. The van der Waals surface area contributed by atoms with Crippen LogP contribution in [0.25, 0.3) is 0 Å². The van der Waals surface area contributed by atoms with Gasteiger partial charge in [-0.3, -0.25) is 0 Å². The largest absolute Gasteiger partial charge is 0.494 e. The van der Waals surface area contributed by atoms with Gasteiger partial charge in [-0.1, -0.05) is 11.6 Å². The number of rotatable bonds is 3. The molecule has 106 valence electrons. The highest BCUT2D eigenvalue weighted by atomic mass is 35.5. The molecule has 1 aliphatic rings. The van der Waals surface area contributed by atoms with E-state index in [-0.39, 0.29) is 21.8 Å². The molecule has 1 aromatic rings. The van der Waals surface area contributed by atoms with Crippen molar-refractivity contribution in [2.24, 2.45) is 0 Å². The number of nitrogens with one attached hydrogen (secondary N) is 1. The first-order chi connectivity index (χ1) is 8.93. The van der Waals surface area contributed by atoms with E-state index in [9.17, 15) is 8.42 Å². The maximum absolute atomic E-state index is 11.8. The van der Waals surface area contributed by atoms with Crippen molar-refractivity contribution < 1.29 is 17.9 Å². The number of hydrogen-bond acceptors (Lipinski definition) is 5. The van der Waals surface area contributed by atoms with Gasteiger partial charge in [0.1, 0.15) is 4.90 Å². The molecule has 1 atom stereocenters. The van der Waals surface area contributed by atoms with Crippen molar-refractivity contribution in [2.75, 3.05) is 33.1 Å². The molecular formula is C12H16ClNO4S. The van der Waals surface area contributed by atoms with Crippen molar-refractivity contribution in [3.63, 3.8) is 0 Å². The van der Waals surface area contributed by atoms with E-state index in [0.29, 0.717) is 13.2 Å². The first-order valence-corrected chi connectivity index (χ1v) is 8.10. The second kappa shape index (κ2) is 5.66. The molecule has 1 saturated heterocycles. The molecule has 1 N–H and O–H groups in total. The fourth-order valence-corrected chi connectivity index (χ4v) is 3.27. The smallest absolute Gasteiger partial charge is 0.179 e. The molecule has 0 spiro atoms. The van der Waals surface area contributed by atoms with Gasteiger partial charge in [0.2, 0.25) is 0 Å². The molecule has 0 amide bonds. The molecule has 0 bridgehead atoms. The van der Waals surface area contributed by atoms with Crippen molar-refractivity contribution in [3.8, 4) is 5.75 Å². The van der Waals surface area contributed by atoms with Crippen LogP contribution in [0.3, 0.4) is 0 Å². The Morgan fingerprint density at radius 1 is 1.47 bits per heavy atom. The summed E-state index contributed by atoms with van der Waals surface area (Å²) < 4.78 is 34.3. The molecule has 19 heavy (non-hydrogen) atoms. The number of morpholine rings is 1. The lowest BCUT2D eigenvalue weighted by atomic mass is 10.1. The standard InChI is InChI=1S/C12H16ClNO4S/c1-17-12-9(13)5-8(6-11(12)19(2,15)16)10-7-14-3-4-18-10/h5-6,10,14H,3-4,7H2,1-2H3. The van der Waals surface area contributed by atoms with E-state index in [4.69, 9.17) is 21.1 Å². The Morgan fingerprint density at radius 3 is 2.74 bits per heavy atom. The predicted molar refractivity (Wildman–Crippen MR) is 72.7 cm³/mol. The fraction of sp³-hybridized carbons (Fsp3) is 0.500. The van der Waals surface area contributed by atoms with Crippen LogP contribution >= 0.6 is 11.6 Å². The second-order valence-electron chi connectivity index (χ2n) is 4.37. The summed E-state index contributed by atoms with van der Waals surface area (Å²) in [7, 11) is -2.02. The van der Waals surface area contributed by atoms with Gasteiger partial charge >= 0.3 is 0 Å². The van der Waals surface area contributed by atoms with Crippen LogP contribution in [0.2, 0.25) is 5.02 Å². The average molecular weight is 306 g/mol. The Morgan fingerprint density at radius 2 is 2.21 bits per heavy atom.